The van der Waals surface area contributed by atoms with Crippen LogP contribution in [0.2, 0.25) is 0 Å². The van der Waals surface area contributed by atoms with Crippen LogP contribution in [0.5, 0.6) is 11.5 Å². The number of fused-ring (bicyclic) bond motifs is 3. The Kier molecular flexibility index (Phi) is 10.7. The molecule has 3 aliphatic rings. The van der Waals surface area contributed by atoms with Gasteiger partial charge in [-0.2, -0.15) is 0 Å². The Morgan fingerprint density at radius 3 is 2.83 bits per heavy atom. The van der Waals surface area contributed by atoms with Crippen molar-refractivity contribution < 1.29 is 23.0 Å². The van der Waals surface area contributed by atoms with Gasteiger partial charge >= 0.3 is 0 Å². The number of hydrogen-bond acceptors (Lipinski definition) is 7. The molecule has 1 fully saturated rings. The van der Waals surface area contributed by atoms with Gasteiger partial charge in [-0.3, -0.25) is 4.79 Å². The van der Waals surface area contributed by atoms with E-state index < -0.39 is 11.6 Å². The van der Waals surface area contributed by atoms with E-state index >= 15 is 8.78 Å². The minimum atomic E-state index is -0.715. The van der Waals surface area contributed by atoms with Crippen LogP contribution in [-0.2, 0) is 4.79 Å². The number of allylic oxidation sites excluding steroid dienone is 2. The van der Waals surface area contributed by atoms with Crippen molar-refractivity contribution in [1.82, 2.24) is 15.1 Å². The number of amidine groups is 1. The highest BCUT2D eigenvalue weighted by molar-refractivity contribution is 6.12. The first-order valence-electron chi connectivity index (χ1n) is 15.7. The molecule has 1 saturated heterocycles. The van der Waals surface area contributed by atoms with Crippen molar-refractivity contribution in [3.8, 4) is 11.5 Å². The molecule has 1 unspecified atom stereocenters. The quantitative estimate of drug-likeness (QED) is 0.208. The van der Waals surface area contributed by atoms with Gasteiger partial charge in [-0.15, -0.1) is 0 Å². The number of aliphatic imine (C=N–C) groups is 1. The summed E-state index contributed by atoms with van der Waals surface area (Å²) in [6.45, 7) is 7.34. The summed E-state index contributed by atoms with van der Waals surface area (Å²) in [6, 6.07) is 6.07. The molecule has 3 aliphatic heterocycles. The molecule has 3 heterocycles. The number of halogens is 2. The van der Waals surface area contributed by atoms with E-state index in [1.54, 1.807) is 30.6 Å². The summed E-state index contributed by atoms with van der Waals surface area (Å²) < 4.78 is 42.7. The molecule has 244 valence electrons. The summed E-state index contributed by atoms with van der Waals surface area (Å²) >= 11 is 0. The first-order valence-corrected chi connectivity index (χ1v) is 15.7. The summed E-state index contributed by atoms with van der Waals surface area (Å²) in [6.07, 6.45) is 14.0. The lowest BCUT2D eigenvalue weighted by Gasteiger charge is -2.46. The zero-order chi connectivity index (χ0) is 32.6. The number of rotatable bonds is 10. The Hall–Kier alpha value is -4.64. The van der Waals surface area contributed by atoms with E-state index in [1.165, 1.54) is 0 Å². The number of ether oxygens (including phenoxy) is 2. The maximum Gasteiger partial charge on any atom is 0.246 e. The number of unbranched alkanes of at least 4 members (excludes halogenated alkanes) is 1. The Morgan fingerprint density at radius 1 is 1.22 bits per heavy atom. The number of carbonyl (C=O) groups is 1. The number of anilines is 2. The van der Waals surface area contributed by atoms with Crippen molar-refractivity contribution in [3.05, 3.63) is 95.6 Å². The molecule has 9 nitrogen and oxygen atoms in total. The highest BCUT2D eigenvalue weighted by Gasteiger charge is 2.36. The van der Waals surface area contributed by atoms with Gasteiger partial charge in [0, 0.05) is 63.3 Å². The van der Waals surface area contributed by atoms with Gasteiger partial charge in [-0.05, 0) is 51.2 Å². The van der Waals surface area contributed by atoms with E-state index in [1.807, 2.05) is 55.1 Å². The van der Waals surface area contributed by atoms with Gasteiger partial charge < -0.3 is 34.8 Å². The van der Waals surface area contributed by atoms with Crippen LogP contribution in [0.15, 0.2) is 77.8 Å². The molecule has 2 aromatic rings. The topological polar surface area (TPSA) is 81.7 Å². The smallest absolute Gasteiger partial charge is 0.246 e. The number of piperazine rings is 1. The first kappa shape index (κ1) is 32.7. The summed E-state index contributed by atoms with van der Waals surface area (Å²) in [5, 5.41) is 6.04. The second kappa shape index (κ2) is 15.1. The van der Waals surface area contributed by atoms with E-state index in [2.05, 4.69) is 27.4 Å². The van der Waals surface area contributed by atoms with Gasteiger partial charge in [-0.1, -0.05) is 31.6 Å². The SMILES string of the molecule is CCC/C=C/N=C(Nc1cc(F)c(OC2=CCNC=C2)cc1F)c1c(C)ccc2c1OCC1CN(C(=O)/C=C/CN(C)C)CCN21. The van der Waals surface area contributed by atoms with Gasteiger partial charge in [0.25, 0.3) is 0 Å². The molecule has 11 heteroatoms. The maximum atomic E-state index is 15.5. The number of aryl methyl sites for hydroxylation is 1. The zero-order valence-electron chi connectivity index (χ0n) is 26.9. The van der Waals surface area contributed by atoms with E-state index in [9.17, 15) is 4.79 Å². The molecule has 1 amide bonds. The lowest BCUT2D eigenvalue weighted by Crippen LogP contribution is -2.58. The highest BCUT2D eigenvalue weighted by atomic mass is 19.1. The van der Waals surface area contributed by atoms with Crippen molar-refractivity contribution in [2.24, 2.45) is 4.99 Å². The molecule has 2 N–H and O–H groups in total. The van der Waals surface area contributed by atoms with Crippen molar-refractivity contribution >= 4 is 23.1 Å². The van der Waals surface area contributed by atoms with Gasteiger partial charge in [0.1, 0.15) is 18.2 Å². The van der Waals surface area contributed by atoms with Gasteiger partial charge in [0.2, 0.25) is 5.91 Å². The van der Waals surface area contributed by atoms with E-state index in [4.69, 9.17) is 9.47 Å². The molecule has 0 aromatic heterocycles. The third-order valence-electron chi connectivity index (χ3n) is 7.89. The standard InChI is InChI=1S/C35H42F2N6O3/c1-5-6-7-14-39-35(40-29-20-28(37)31(21-27(29)36)46-26-12-15-38-16-13-26)33-24(2)10-11-30-34(33)45-23-25-22-42(18-19-43(25)30)32(44)9-8-17-41(3)4/h7-15,20-21,25,38H,5-6,16-19,22-23H2,1-4H3,(H,39,40)/b9-8+,14-7+. The number of likely N-dealkylation sites (N-methyl/N-ethyl adjacent to an activating group) is 1. The van der Waals surface area contributed by atoms with Crippen molar-refractivity contribution in [1.29, 1.82) is 0 Å². The predicted molar refractivity (Wildman–Crippen MR) is 179 cm³/mol. The van der Waals surface area contributed by atoms with Crippen LogP contribution in [0.1, 0.15) is 30.9 Å². The average Bonchev–Trinajstić information content (AvgIpc) is 3.04. The normalized spacial score (nSPS) is 17.9. The number of carbonyl (C=O) groups excluding carboxylic acids is 1. The molecular formula is C35H42F2N6O3. The van der Waals surface area contributed by atoms with Crippen LogP contribution in [0.3, 0.4) is 0 Å². The van der Waals surface area contributed by atoms with Crippen LogP contribution < -0.4 is 25.0 Å². The van der Waals surface area contributed by atoms with Crippen molar-refractivity contribution in [3.63, 3.8) is 0 Å². The molecule has 0 spiro atoms. The van der Waals surface area contributed by atoms with E-state index in [0.29, 0.717) is 62.2 Å². The molecule has 0 aliphatic carbocycles. The summed E-state index contributed by atoms with van der Waals surface area (Å²) in [5.41, 5.74) is 2.31. The highest BCUT2D eigenvalue weighted by Crippen LogP contribution is 2.40. The summed E-state index contributed by atoms with van der Waals surface area (Å²) in [7, 11) is 3.92. The summed E-state index contributed by atoms with van der Waals surface area (Å²) in [4.78, 5) is 23.6. The Bertz CT molecular complexity index is 1580. The van der Waals surface area contributed by atoms with Crippen molar-refractivity contribution in [2.45, 2.75) is 32.7 Å². The van der Waals surface area contributed by atoms with Gasteiger partial charge in [0.05, 0.1) is 23.0 Å². The molecule has 0 radical (unpaired) electrons. The van der Waals surface area contributed by atoms with Crippen LogP contribution in [0, 0.1) is 18.6 Å². The molecule has 0 saturated carbocycles. The number of dihydropyridines is 1. The molecule has 5 rings (SSSR count). The Morgan fingerprint density at radius 2 is 2.07 bits per heavy atom. The Balaban J connectivity index is 1.42. The van der Waals surface area contributed by atoms with Crippen LogP contribution in [0.25, 0.3) is 0 Å². The van der Waals surface area contributed by atoms with Gasteiger partial charge in [0.15, 0.2) is 23.1 Å². The van der Waals surface area contributed by atoms with Gasteiger partial charge in [-0.25, -0.2) is 13.8 Å². The number of amides is 1. The third kappa shape index (κ3) is 7.77. The fourth-order valence-corrected chi connectivity index (χ4v) is 5.50. The molecule has 1 atom stereocenters. The minimum absolute atomic E-state index is 0.0102. The van der Waals surface area contributed by atoms with E-state index in [-0.39, 0.29) is 23.4 Å². The monoisotopic (exact) mass is 632 g/mol. The number of nitrogens with one attached hydrogen (secondary N) is 2. The Labute approximate surface area is 269 Å². The lowest BCUT2D eigenvalue weighted by molar-refractivity contribution is -0.127. The van der Waals surface area contributed by atoms with Crippen LogP contribution >= 0.6 is 0 Å². The van der Waals surface area contributed by atoms with Crippen molar-refractivity contribution in [2.75, 3.05) is 63.6 Å². The lowest BCUT2D eigenvalue weighted by atomic mass is 10.0. The van der Waals surface area contributed by atoms with E-state index in [0.717, 1.165) is 36.2 Å². The zero-order valence-corrected chi connectivity index (χ0v) is 26.9. The second-order valence-corrected chi connectivity index (χ2v) is 11.7. The fourth-order valence-electron chi connectivity index (χ4n) is 5.50. The number of nitrogens with zero attached hydrogens (tertiary/aromatic N) is 4. The summed E-state index contributed by atoms with van der Waals surface area (Å²) in [5.74, 6) is -0.261. The molecule has 0 bridgehead atoms. The average molecular weight is 633 g/mol. The molecular weight excluding hydrogens is 590 g/mol. The number of hydrogen-bond donors (Lipinski definition) is 2. The molecule has 46 heavy (non-hydrogen) atoms. The minimum Gasteiger partial charge on any atom is -0.488 e. The first-order chi connectivity index (χ1) is 22.2. The maximum absolute atomic E-state index is 15.5. The largest absolute Gasteiger partial charge is 0.488 e. The van der Waals surface area contributed by atoms with Crippen LogP contribution in [0.4, 0.5) is 20.2 Å². The number of benzene rings is 2. The fraction of sp³-hybridized carbons (Fsp3) is 0.371. The second-order valence-electron chi connectivity index (χ2n) is 11.7. The van der Waals surface area contributed by atoms with Crippen LogP contribution in [-0.4, -0.2) is 81.0 Å². The predicted octanol–water partition coefficient (Wildman–Crippen LogP) is 5.35. The third-order valence-corrected chi connectivity index (χ3v) is 7.89. The molecule has 2 aromatic carbocycles.